The molecule has 0 aromatic heterocycles. The maximum absolute atomic E-state index is 12.8. The fraction of sp³-hybridized carbons (Fsp3) is 0.514. The normalized spacial score (nSPS) is 16.1. The Hall–Kier alpha value is -3.43. The van der Waals surface area contributed by atoms with Crippen molar-refractivity contribution in [3.05, 3.63) is 70.8 Å². The Kier molecular flexibility index (Phi) is 11.7. The van der Waals surface area contributed by atoms with E-state index >= 15 is 0 Å². The molecule has 3 rings (SSSR count). The van der Waals surface area contributed by atoms with Crippen molar-refractivity contribution >= 4 is 17.6 Å². The van der Waals surface area contributed by atoms with Crippen LogP contribution in [0.5, 0.6) is 0 Å². The molecule has 2 aromatic rings. The van der Waals surface area contributed by atoms with Gasteiger partial charge < -0.3 is 5.32 Å². The first-order valence-electron chi connectivity index (χ1n) is 15.0. The molecule has 220 valence electrons. The number of unbranched alkanes of at least 4 members (excludes halogenated alkanes) is 2. The number of carbonyl (C=O) groups excluding carboxylic acids is 3. The van der Waals surface area contributed by atoms with Crippen molar-refractivity contribution < 1.29 is 19.6 Å². The second kappa shape index (κ2) is 15.0. The lowest BCUT2D eigenvalue weighted by Crippen LogP contribution is -2.49. The summed E-state index contributed by atoms with van der Waals surface area (Å²) in [4.78, 5) is 37.2. The van der Waals surface area contributed by atoms with Gasteiger partial charge in [0.1, 0.15) is 5.41 Å². The second-order valence-corrected chi connectivity index (χ2v) is 12.4. The van der Waals surface area contributed by atoms with E-state index < -0.39 is 17.2 Å². The van der Waals surface area contributed by atoms with Gasteiger partial charge in [-0.2, -0.15) is 0 Å². The highest BCUT2D eigenvalue weighted by atomic mass is 16.5. The minimum atomic E-state index is -1.48. The Balaban J connectivity index is 1.47. The quantitative estimate of drug-likeness (QED) is 0.0642. The summed E-state index contributed by atoms with van der Waals surface area (Å²) in [7, 11) is 1.43. The molecule has 0 saturated heterocycles. The molecule has 3 N–H and O–H groups in total. The van der Waals surface area contributed by atoms with Gasteiger partial charge in [0.15, 0.2) is 5.78 Å². The number of carbonyl (C=O) groups is 3. The van der Waals surface area contributed by atoms with Crippen molar-refractivity contribution in [3.8, 4) is 11.8 Å². The molecule has 1 aliphatic carbocycles. The average molecular weight is 559 g/mol. The van der Waals surface area contributed by atoms with Gasteiger partial charge in [-0.3, -0.25) is 19.6 Å². The van der Waals surface area contributed by atoms with Crippen LogP contribution < -0.4 is 10.8 Å². The van der Waals surface area contributed by atoms with Crippen LogP contribution in [0.25, 0.3) is 0 Å². The van der Waals surface area contributed by atoms with Crippen molar-refractivity contribution in [1.82, 2.24) is 10.8 Å². The number of hydrogen-bond donors (Lipinski definition) is 3. The fourth-order valence-corrected chi connectivity index (χ4v) is 6.07. The molecule has 0 spiro atoms. The summed E-state index contributed by atoms with van der Waals surface area (Å²) in [6.07, 6.45) is 12.3. The summed E-state index contributed by atoms with van der Waals surface area (Å²) in [5.74, 6) is 4.73. The van der Waals surface area contributed by atoms with Gasteiger partial charge in [0.05, 0.1) is 0 Å². The van der Waals surface area contributed by atoms with E-state index in [1.165, 1.54) is 70.9 Å². The number of Topliss-reactive ketones (excluding diaryl/α,β-unsaturated/α-hetero) is 1. The third-order valence-corrected chi connectivity index (χ3v) is 8.69. The zero-order valence-electron chi connectivity index (χ0n) is 25.1. The van der Waals surface area contributed by atoms with E-state index in [2.05, 4.69) is 48.3 Å². The number of nitrogens with one attached hydrogen (secondary N) is 2. The van der Waals surface area contributed by atoms with Crippen molar-refractivity contribution in [2.24, 2.45) is 16.7 Å². The summed E-state index contributed by atoms with van der Waals surface area (Å²) >= 11 is 0. The van der Waals surface area contributed by atoms with E-state index in [4.69, 9.17) is 5.21 Å². The molecule has 2 atom stereocenters. The lowest BCUT2D eigenvalue weighted by molar-refractivity contribution is -0.149. The predicted molar refractivity (Wildman–Crippen MR) is 162 cm³/mol. The highest BCUT2D eigenvalue weighted by Crippen LogP contribution is 2.41. The van der Waals surface area contributed by atoms with Gasteiger partial charge in [-0.15, -0.1) is 0 Å². The Morgan fingerprint density at radius 2 is 1.51 bits per heavy atom. The first kappa shape index (κ1) is 32.1. The van der Waals surface area contributed by atoms with Gasteiger partial charge in [0, 0.05) is 30.2 Å². The van der Waals surface area contributed by atoms with E-state index in [1.54, 1.807) is 17.6 Å². The Morgan fingerprint density at radius 1 is 0.927 bits per heavy atom. The number of aryl methyl sites for hydroxylation is 1. The molecular formula is C35H46N2O4. The Labute approximate surface area is 245 Å². The van der Waals surface area contributed by atoms with Crippen LogP contribution in [-0.2, 0) is 16.0 Å². The average Bonchev–Trinajstić information content (AvgIpc) is 3.41. The van der Waals surface area contributed by atoms with Crippen LogP contribution in [0.1, 0.15) is 112 Å². The van der Waals surface area contributed by atoms with Gasteiger partial charge in [-0.25, -0.2) is 5.48 Å². The molecule has 6 heteroatoms. The minimum absolute atomic E-state index is 0.0796. The molecule has 1 aliphatic rings. The lowest BCUT2D eigenvalue weighted by atomic mass is 9.78. The van der Waals surface area contributed by atoms with Crippen molar-refractivity contribution in [1.29, 1.82) is 0 Å². The standard InChI is InChI=1S/C35H46N2O4/c1-26(25-35(3,32(39)36-4)33(40)37-41)24-31(38)30-19-17-29(18-20-30)16-15-28-13-11-27(12-14-28)10-6-5-7-21-34(2)22-8-9-23-34/h11-14,17-20,26,41H,5-10,21-25H2,1-4H3,(H,36,39)(H,37,40)/t26?,35-/m0/s1. The molecule has 0 radical (unpaired) electrons. The molecule has 0 bridgehead atoms. The van der Waals surface area contributed by atoms with E-state index in [-0.39, 0.29) is 24.5 Å². The van der Waals surface area contributed by atoms with Crippen molar-refractivity contribution in [3.63, 3.8) is 0 Å². The van der Waals surface area contributed by atoms with E-state index in [9.17, 15) is 14.4 Å². The minimum Gasteiger partial charge on any atom is -0.358 e. The third kappa shape index (κ3) is 9.30. The van der Waals surface area contributed by atoms with Crippen LogP contribution >= 0.6 is 0 Å². The van der Waals surface area contributed by atoms with Gasteiger partial charge in [-0.1, -0.05) is 75.6 Å². The number of rotatable bonds is 13. The van der Waals surface area contributed by atoms with Crippen LogP contribution in [0.3, 0.4) is 0 Å². The monoisotopic (exact) mass is 558 g/mol. The van der Waals surface area contributed by atoms with Gasteiger partial charge in [0.25, 0.3) is 5.91 Å². The number of ketones is 1. The molecule has 0 heterocycles. The Bertz CT molecular complexity index is 1220. The van der Waals surface area contributed by atoms with E-state index in [0.29, 0.717) is 11.0 Å². The van der Waals surface area contributed by atoms with Gasteiger partial charge in [-0.05, 0) is 86.6 Å². The van der Waals surface area contributed by atoms with E-state index in [0.717, 1.165) is 17.5 Å². The highest BCUT2D eigenvalue weighted by Gasteiger charge is 2.42. The van der Waals surface area contributed by atoms with Crippen molar-refractivity contribution in [2.45, 2.75) is 91.4 Å². The smallest absolute Gasteiger partial charge is 0.258 e. The molecular weight excluding hydrogens is 512 g/mol. The molecule has 2 amide bonds. The number of hydroxylamine groups is 1. The summed E-state index contributed by atoms with van der Waals surface area (Å²) in [6, 6.07) is 15.7. The van der Waals surface area contributed by atoms with Gasteiger partial charge >= 0.3 is 0 Å². The topological polar surface area (TPSA) is 95.5 Å². The van der Waals surface area contributed by atoms with Crippen LogP contribution in [-0.4, -0.2) is 29.9 Å². The summed E-state index contributed by atoms with van der Waals surface area (Å²) in [5.41, 5.74) is 4.38. The SMILES string of the molecule is CNC(=O)[C@](C)(CC(C)CC(=O)c1ccc(C#Cc2ccc(CCCCCC3(C)CCCC3)cc2)cc1)C(=O)NO. The molecule has 41 heavy (non-hydrogen) atoms. The lowest BCUT2D eigenvalue weighted by Gasteiger charge is -2.27. The maximum Gasteiger partial charge on any atom is 0.258 e. The molecule has 6 nitrogen and oxygen atoms in total. The predicted octanol–water partition coefficient (Wildman–Crippen LogP) is 6.63. The van der Waals surface area contributed by atoms with Crippen LogP contribution in [0.4, 0.5) is 0 Å². The number of benzene rings is 2. The Morgan fingerprint density at radius 3 is 2.07 bits per heavy atom. The van der Waals surface area contributed by atoms with Gasteiger partial charge in [0.2, 0.25) is 5.91 Å². The van der Waals surface area contributed by atoms with Crippen LogP contribution in [0.15, 0.2) is 48.5 Å². The molecule has 0 aliphatic heterocycles. The second-order valence-electron chi connectivity index (χ2n) is 12.4. The largest absolute Gasteiger partial charge is 0.358 e. The molecule has 2 aromatic carbocycles. The molecule has 1 saturated carbocycles. The van der Waals surface area contributed by atoms with Crippen LogP contribution in [0, 0.1) is 28.6 Å². The first-order chi connectivity index (χ1) is 19.6. The fourth-order valence-electron chi connectivity index (χ4n) is 6.07. The highest BCUT2D eigenvalue weighted by molar-refractivity contribution is 6.04. The first-order valence-corrected chi connectivity index (χ1v) is 15.0. The maximum atomic E-state index is 12.8. The summed E-state index contributed by atoms with van der Waals surface area (Å²) < 4.78 is 0. The zero-order chi connectivity index (χ0) is 29.9. The molecule has 1 unspecified atom stereocenters. The summed E-state index contributed by atoms with van der Waals surface area (Å²) in [6.45, 7) is 5.73. The van der Waals surface area contributed by atoms with Crippen molar-refractivity contribution in [2.75, 3.05) is 7.05 Å². The third-order valence-electron chi connectivity index (χ3n) is 8.69. The number of amides is 2. The van der Waals surface area contributed by atoms with Crippen LogP contribution in [0.2, 0.25) is 0 Å². The molecule has 1 fully saturated rings. The zero-order valence-corrected chi connectivity index (χ0v) is 25.1. The summed E-state index contributed by atoms with van der Waals surface area (Å²) in [5, 5.41) is 11.5. The number of hydrogen-bond acceptors (Lipinski definition) is 4. The van der Waals surface area contributed by atoms with E-state index in [1.807, 2.05) is 19.1 Å².